The van der Waals surface area contributed by atoms with Gasteiger partial charge in [-0.1, -0.05) is 164 Å². The van der Waals surface area contributed by atoms with Crippen LogP contribution >= 0.6 is 0 Å². The summed E-state index contributed by atoms with van der Waals surface area (Å²) in [5.74, 6) is 0. The van der Waals surface area contributed by atoms with Crippen molar-refractivity contribution in [3.05, 3.63) is 200 Å². The summed E-state index contributed by atoms with van der Waals surface area (Å²) in [6.07, 6.45) is 0. The summed E-state index contributed by atoms with van der Waals surface area (Å²) in [4.78, 5) is 2.37. The maximum atomic E-state index is 2.37. The van der Waals surface area contributed by atoms with E-state index in [0.29, 0.717) is 0 Å². The van der Waals surface area contributed by atoms with Crippen molar-refractivity contribution in [1.29, 1.82) is 0 Å². The minimum absolute atomic E-state index is 1.11. The van der Waals surface area contributed by atoms with E-state index in [4.69, 9.17) is 0 Å². The first-order chi connectivity index (χ1) is 24.3. The second-order valence-electron chi connectivity index (χ2n) is 12.6. The van der Waals surface area contributed by atoms with Crippen molar-refractivity contribution in [2.45, 2.75) is 0 Å². The molecule has 0 radical (unpaired) electrons. The summed E-state index contributed by atoms with van der Waals surface area (Å²) in [6, 6.07) is 72.4. The minimum atomic E-state index is 1.11. The normalized spacial score (nSPS) is 11.3. The number of anilines is 3. The van der Waals surface area contributed by atoms with Crippen LogP contribution < -0.4 is 4.90 Å². The molecule has 9 aromatic rings. The third kappa shape index (κ3) is 5.42. The molecule has 0 atom stereocenters. The van der Waals surface area contributed by atoms with E-state index >= 15 is 0 Å². The van der Waals surface area contributed by atoms with Gasteiger partial charge in [0.25, 0.3) is 0 Å². The molecule has 9 aromatic carbocycles. The van der Waals surface area contributed by atoms with Crippen molar-refractivity contribution in [1.82, 2.24) is 0 Å². The molecule has 9 rings (SSSR count). The van der Waals surface area contributed by atoms with Crippen LogP contribution in [0, 0.1) is 0 Å². The molecule has 0 saturated heterocycles. The highest BCUT2D eigenvalue weighted by molar-refractivity contribution is 6.17. The maximum Gasteiger partial charge on any atom is 0.0468 e. The molecule has 0 bridgehead atoms. The van der Waals surface area contributed by atoms with Gasteiger partial charge in [-0.05, 0) is 102 Å². The van der Waals surface area contributed by atoms with Crippen molar-refractivity contribution in [3.63, 3.8) is 0 Å². The topological polar surface area (TPSA) is 3.24 Å². The Labute approximate surface area is 287 Å². The van der Waals surface area contributed by atoms with Crippen LogP contribution in [0.1, 0.15) is 0 Å². The third-order valence-corrected chi connectivity index (χ3v) is 9.65. The Morgan fingerprint density at radius 2 is 0.673 bits per heavy atom. The highest BCUT2D eigenvalue weighted by atomic mass is 15.1. The molecule has 0 spiro atoms. The van der Waals surface area contributed by atoms with Gasteiger partial charge in [-0.15, -0.1) is 0 Å². The van der Waals surface area contributed by atoms with Crippen LogP contribution in [0.2, 0.25) is 0 Å². The minimum Gasteiger partial charge on any atom is -0.310 e. The van der Waals surface area contributed by atoms with Gasteiger partial charge in [0.15, 0.2) is 0 Å². The number of fused-ring (bicyclic) bond motifs is 5. The molecule has 0 heterocycles. The summed E-state index contributed by atoms with van der Waals surface area (Å²) in [5.41, 5.74) is 10.6. The summed E-state index contributed by atoms with van der Waals surface area (Å²) >= 11 is 0. The van der Waals surface area contributed by atoms with Crippen molar-refractivity contribution in [3.8, 4) is 33.4 Å². The SMILES string of the molecule is c1ccc(-c2ccc(-c3ccc(N(c4cccc(-c5ccccc5)c4)c4ccc5c(ccc6c7ccccc7ccc56)c4)cc3)cc2)cc1. The second-order valence-corrected chi connectivity index (χ2v) is 12.6. The standard InChI is InChI=1S/C48H33N/c1-3-10-34(11-4-1)36-18-20-37(21-19-36)38-22-26-42(27-23-38)49(43-16-9-15-40(32-43)35-12-5-2-6-13-35)44-28-31-46-41(33-44)25-30-47-45-17-8-7-14-39(45)24-29-48(46)47/h1-33H. The van der Waals surface area contributed by atoms with Crippen molar-refractivity contribution in [2.24, 2.45) is 0 Å². The molecule has 0 aliphatic heterocycles. The van der Waals surface area contributed by atoms with E-state index in [1.54, 1.807) is 0 Å². The number of benzene rings is 9. The summed E-state index contributed by atoms with van der Waals surface area (Å²) < 4.78 is 0. The Kier molecular flexibility index (Phi) is 7.22. The predicted octanol–water partition coefficient (Wildman–Crippen LogP) is 13.6. The molecule has 0 N–H and O–H groups in total. The van der Waals surface area contributed by atoms with E-state index in [1.165, 1.54) is 65.7 Å². The van der Waals surface area contributed by atoms with Crippen LogP contribution in [-0.2, 0) is 0 Å². The molecular formula is C48H33N. The lowest BCUT2D eigenvalue weighted by atomic mass is 9.96. The highest BCUT2D eigenvalue weighted by Crippen LogP contribution is 2.40. The predicted molar refractivity (Wildman–Crippen MR) is 210 cm³/mol. The monoisotopic (exact) mass is 623 g/mol. The quantitative estimate of drug-likeness (QED) is 0.167. The van der Waals surface area contributed by atoms with Crippen LogP contribution in [0.25, 0.3) is 65.7 Å². The molecule has 49 heavy (non-hydrogen) atoms. The number of hydrogen-bond acceptors (Lipinski definition) is 1. The van der Waals surface area contributed by atoms with Crippen LogP contribution in [0.3, 0.4) is 0 Å². The van der Waals surface area contributed by atoms with Gasteiger partial charge < -0.3 is 4.90 Å². The van der Waals surface area contributed by atoms with Gasteiger partial charge in [-0.3, -0.25) is 0 Å². The Hall–Kier alpha value is -6.44. The van der Waals surface area contributed by atoms with Gasteiger partial charge in [-0.25, -0.2) is 0 Å². The lowest BCUT2D eigenvalue weighted by Gasteiger charge is -2.27. The van der Waals surface area contributed by atoms with E-state index in [0.717, 1.165) is 17.1 Å². The molecule has 0 aliphatic rings. The van der Waals surface area contributed by atoms with Crippen molar-refractivity contribution < 1.29 is 0 Å². The Morgan fingerprint density at radius 3 is 1.35 bits per heavy atom. The van der Waals surface area contributed by atoms with Crippen LogP contribution in [0.15, 0.2) is 200 Å². The van der Waals surface area contributed by atoms with E-state index in [1.807, 2.05) is 0 Å². The van der Waals surface area contributed by atoms with Crippen molar-refractivity contribution >= 4 is 49.4 Å². The molecule has 0 amide bonds. The van der Waals surface area contributed by atoms with Gasteiger partial charge in [-0.2, -0.15) is 0 Å². The van der Waals surface area contributed by atoms with Crippen LogP contribution in [0.4, 0.5) is 17.1 Å². The lowest BCUT2D eigenvalue weighted by Crippen LogP contribution is -2.10. The second kappa shape index (κ2) is 12.3. The zero-order valence-corrected chi connectivity index (χ0v) is 27.0. The number of hydrogen-bond donors (Lipinski definition) is 0. The maximum absolute atomic E-state index is 2.37. The molecular weight excluding hydrogens is 591 g/mol. The number of rotatable bonds is 6. The molecule has 0 saturated carbocycles. The van der Waals surface area contributed by atoms with Gasteiger partial charge >= 0.3 is 0 Å². The fourth-order valence-corrected chi connectivity index (χ4v) is 7.15. The van der Waals surface area contributed by atoms with E-state index < -0.39 is 0 Å². The molecule has 0 fully saturated rings. The van der Waals surface area contributed by atoms with Gasteiger partial charge in [0.2, 0.25) is 0 Å². The molecule has 0 aromatic heterocycles. The van der Waals surface area contributed by atoms with Gasteiger partial charge in [0, 0.05) is 17.1 Å². The summed E-state index contributed by atoms with van der Waals surface area (Å²) in [6.45, 7) is 0. The summed E-state index contributed by atoms with van der Waals surface area (Å²) in [7, 11) is 0. The molecule has 1 nitrogen and oxygen atoms in total. The Morgan fingerprint density at radius 1 is 0.224 bits per heavy atom. The van der Waals surface area contributed by atoms with E-state index in [9.17, 15) is 0 Å². The summed E-state index contributed by atoms with van der Waals surface area (Å²) in [5, 5.41) is 7.62. The zero-order chi connectivity index (χ0) is 32.6. The van der Waals surface area contributed by atoms with E-state index in [-0.39, 0.29) is 0 Å². The highest BCUT2D eigenvalue weighted by Gasteiger charge is 2.15. The largest absolute Gasteiger partial charge is 0.310 e. The first-order valence-electron chi connectivity index (χ1n) is 16.8. The fraction of sp³-hybridized carbons (Fsp3) is 0. The average Bonchev–Trinajstić information content (AvgIpc) is 3.19. The third-order valence-electron chi connectivity index (χ3n) is 9.65. The van der Waals surface area contributed by atoms with Crippen molar-refractivity contribution in [2.75, 3.05) is 4.90 Å². The Bertz CT molecular complexity index is 2570. The average molecular weight is 624 g/mol. The zero-order valence-electron chi connectivity index (χ0n) is 27.0. The molecule has 1 heteroatoms. The molecule has 230 valence electrons. The van der Waals surface area contributed by atoms with E-state index in [2.05, 4.69) is 205 Å². The number of nitrogens with zero attached hydrogens (tertiary/aromatic N) is 1. The smallest absolute Gasteiger partial charge is 0.0468 e. The molecule has 0 aliphatic carbocycles. The van der Waals surface area contributed by atoms with Crippen LogP contribution in [-0.4, -0.2) is 0 Å². The van der Waals surface area contributed by atoms with Gasteiger partial charge in [0.05, 0.1) is 0 Å². The fourth-order valence-electron chi connectivity index (χ4n) is 7.15. The lowest BCUT2D eigenvalue weighted by molar-refractivity contribution is 1.29. The first-order valence-corrected chi connectivity index (χ1v) is 16.8. The Balaban J connectivity index is 1.14. The van der Waals surface area contributed by atoms with Crippen LogP contribution in [0.5, 0.6) is 0 Å². The first kappa shape index (κ1) is 28.8. The van der Waals surface area contributed by atoms with Gasteiger partial charge in [0.1, 0.15) is 0 Å². The molecule has 0 unspecified atom stereocenters.